The number of hydrogen-bond donors (Lipinski definition) is 2. The van der Waals surface area contributed by atoms with Crippen LogP contribution in [-0.2, 0) is 12.3 Å². The molecule has 0 spiro atoms. The fourth-order valence-electron chi connectivity index (χ4n) is 1.78. The Balaban J connectivity index is 2.30. The molecule has 0 aliphatic heterocycles. The van der Waals surface area contributed by atoms with Crippen molar-refractivity contribution < 1.29 is 4.42 Å². The highest BCUT2D eigenvalue weighted by atomic mass is 32.2. The average Bonchev–Trinajstić information content (AvgIpc) is 2.99. The monoisotopic (exact) mass is 343 g/mol. The van der Waals surface area contributed by atoms with Gasteiger partial charge in [0.05, 0.1) is 31.9 Å². The van der Waals surface area contributed by atoms with Crippen molar-refractivity contribution in [3.63, 3.8) is 0 Å². The number of hydrogen-bond acceptors (Lipinski definition) is 5. The van der Waals surface area contributed by atoms with E-state index in [2.05, 4.69) is 27.5 Å². The van der Waals surface area contributed by atoms with E-state index >= 15 is 0 Å². The minimum Gasteiger partial charge on any atom is -0.464 e. The fraction of sp³-hybridized carbons (Fsp3) is 0.412. The Kier molecular flexibility index (Phi) is 9.73. The number of nitriles is 1. The van der Waals surface area contributed by atoms with Crippen molar-refractivity contribution in [3.05, 3.63) is 23.7 Å². The van der Waals surface area contributed by atoms with Crippen molar-refractivity contribution in [2.75, 3.05) is 32.4 Å². The van der Waals surface area contributed by atoms with Gasteiger partial charge in [-0.05, 0) is 19.2 Å². The summed E-state index contributed by atoms with van der Waals surface area (Å²) in [7, 11) is 1.95. The molecule has 126 valence electrons. The van der Waals surface area contributed by atoms with Crippen molar-refractivity contribution in [1.29, 1.82) is 5.26 Å². The predicted octanol–water partition coefficient (Wildman–Crippen LogP) is 1.23. The minimum absolute atomic E-state index is 0.323. The van der Waals surface area contributed by atoms with Gasteiger partial charge in [0, 0.05) is 5.75 Å². The van der Waals surface area contributed by atoms with Crippen molar-refractivity contribution in [1.82, 2.24) is 15.5 Å². The first-order valence-corrected chi connectivity index (χ1v) is 8.49. The van der Waals surface area contributed by atoms with E-state index < -0.39 is 0 Å². The maximum atomic E-state index is 8.62. The zero-order valence-corrected chi connectivity index (χ0v) is 14.5. The molecule has 0 aliphatic rings. The normalized spacial score (nSPS) is 10.7. The van der Waals surface area contributed by atoms with Crippen molar-refractivity contribution in [2.24, 2.45) is 4.99 Å². The molecule has 24 heavy (non-hydrogen) atoms. The molecule has 0 fully saturated rings. The van der Waals surface area contributed by atoms with Crippen LogP contribution in [-0.4, -0.2) is 43.3 Å². The first kappa shape index (κ1) is 19.5. The van der Waals surface area contributed by atoms with Crippen LogP contribution < -0.4 is 10.6 Å². The van der Waals surface area contributed by atoms with Gasteiger partial charge in [0.1, 0.15) is 11.5 Å². The van der Waals surface area contributed by atoms with Gasteiger partial charge < -0.3 is 9.73 Å². The summed E-state index contributed by atoms with van der Waals surface area (Å²) >= 11 is 1.71. The summed E-state index contributed by atoms with van der Waals surface area (Å²) in [5.74, 6) is 8.83. The lowest BCUT2D eigenvalue weighted by atomic mass is 10.4. The number of nitrogens with one attached hydrogen (secondary N) is 2. The highest BCUT2D eigenvalue weighted by Gasteiger charge is 2.05. The van der Waals surface area contributed by atoms with Crippen LogP contribution in [0, 0.1) is 36.1 Å². The van der Waals surface area contributed by atoms with Crippen LogP contribution in [0.1, 0.15) is 11.5 Å². The average molecular weight is 343 g/mol. The zero-order chi connectivity index (χ0) is 17.6. The number of rotatable bonds is 9. The molecule has 0 atom stereocenters. The SMILES string of the molecule is C#CCN/C(=N/CCSCc1ccc(CN(C)CC#C)o1)NC#N. The third kappa shape index (κ3) is 8.19. The van der Waals surface area contributed by atoms with Crippen LogP contribution in [0.2, 0.25) is 0 Å². The molecule has 6 nitrogen and oxygen atoms in total. The van der Waals surface area contributed by atoms with Gasteiger partial charge in [-0.25, -0.2) is 0 Å². The Morgan fingerprint density at radius 2 is 2.17 bits per heavy atom. The van der Waals surface area contributed by atoms with Crippen LogP contribution in [0.5, 0.6) is 0 Å². The second kappa shape index (κ2) is 12.0. The van der Waals surface area contributed by atoms with E-state index in [1.807, 2.05) is 30.3 Å². The maximum Gasteiger partial charge on any atom is 0.205 e. The van der Waals surface area contributed by atoms with E-state index in [4.69, 9.17) is 22.5 Å². The molecular formula is C17H21N5OS. The number of guanidine groups is 1. The van der Waals surface area contributed by atoms with Gasteiger partial charge in [-0.2, -0.15) is 17.0 Å². The molecule has 0 unspecified atom stereocenters. The molecule has 1 aromatic heterocycles. The molecule has 1 heterocycles. The fourth-order valence-corrected chi connectivity index (χ4v) is 2.51. The molecule has 0 aromatic carbocycles. The lowest BCUT2D eigenvalue weighted by molar-refractivity contribution is 0.322. The summed E-state index contributed by atoms with van der Waals surface area (Å²) in [4.78, 5) is 6.26. The Hall–Kier alpha value is -2.53. The highest BCUT2D eigenvalue weighted by molar-refractivity contribution is 7.98. The third-order valence-corrected chi connectivity index (χ3v) is 3.75. The second-order valence-corrected chi connectivity index (χ2v) is 5.93. The Labute approximate surface area is 147 Å². The van der Waals surface area contributed by atoms with Crippen molar-refractivity contribution >= 4 is 17.7 Å². The molecule has 0 saturated heterocycles. The van der Waals surface area contributed by atoms with Crippen LogP contribution in [0.25, 0.3) is 0 Å². The smallest absolute Gasteiger partial charge is 0.205 e. The lowest BCUT2D eigenvalue weighted by Gasteiger charge is -2.10. The van der Waals surface area contributed by atoms with Crippen LogP contribution in [0.4, 0.5) is 0 Å². The summed E-state index contributed by atoms with van der Waals surface area (Å²) in [6.45, 7) is 2.19. The molecule has 1 rings (SSSR count). The Morgan fingerprint density at radius 1 is 1.38 bits per heavy atom. The van der Waals surface area contributed by atoms with E-state index in [1.165, 1.54) is 0 Å². The number of nitrogens with zero attached hydrogens (tertiary/aromatic N) is 3. The molecule has 0 aliphatic carbocycles. The number of aliphatic imine (C=N–C) groups is 1. The van der Waals surface area contributed by atoms with E-state index in [0.717, 1.165) is 23.0 Å². The molecule has 0 radical (unpaired) electrons. The Morgan fingerprint density at radius 3 is 2.88 bits per heavy atom. The highest BCUT2D eigenvalue weighted by Crippen LogP contribution is 2.16. The van der Waals surface area contributed by atoms with E-state index in [1.54, 1.807) is 11.8 Å². The van der Waals surface area contributed by atoms with Gasteiger partial charge in [0.25, 0.3) is 0 Å². The number of terminal acetylenes is 2. The van der Waals surface area contributed by atoms with E-state index in [9.17, 15) is 0 Å². The quantitative estimate of drug-likeness (QED) is 0.175. The summed E-state index contributed by atoms with van der Waals surface area (Å²) in [5.41, 5.74) is 0. The summed E-state index contributed by atoms with van der Waals surface area (Å²) < 4.78 is 5.76. The standard InChI is InChI=1S/C17H21N5OS/c1-4-8-19-17(21-14-18)20-9-11-24-13-16-7-6-15(23-16)12-22(3)10-5-2/h1-2,6-7H,8-13H2,3H3,(H2,19,20,21). The molecule has 0 amide bonds. The van der Waals surface area contributed by atoms with E-state index in [-0.39, 0.29) is 0 Å². The largest absolute Gasteiger partial charge is 0.464 e. The first-order chi connectivity index (χ1) is 11.7. The Bertz CT molecular complexity index is 647. The minimum atomic E-state index is 0.323. The molecule has 0 bridgehead atoms. The first-order valence-electron chi connectivity index (χ1n) is 7.33. The molecule has 0 saturated carbocycles. The van der Waals surface area contributed by atoms with Crippen molar-refractivity contribution in [2.45, 2.75) is 12.3 Å². The number of thioether (sulfide) groups is 1. The number of furan rings is 1. The summed E-state index contributed by atoms with van der Waals surface area (Å²) in [5, 5.41) is 13.9. The zero-order valence-electron chi connectivity index (χ0n) is 13.7. The predicted molar refractivity (Wildman–Crippen MR) is 97.9 cm³/mol. The van der Waals surface area contributed by atoms with Gasteiger partial charge in [-0.3, -0.25) is 15.2 Å². The van der Waals surface area contributed by atoms with Crippen LogP contribution >= 0.6 is 11.8 Å². The van der Waals surface area contributed by atoms with Crippen molar-refractivity contribution in [3.8, 4) is 30.9 Å². The third-order valence-electron chi connectivity index (χ3n) is 2.79. The molecule has 1 aromatic rings. The summed E-state index contributed by atoms with van der Waals surface area (Å²) in [6, 6.07) is 3.95. The van der Waals surface area contributed by atoms with Gasteiger partial charge in [0.15, 0.2) is 6.19 Å². The molecule has 7 heteroatoms. The molecular weight excluding hydrogens is 322 g/mol. The van der Waals surface area contributed by atoms with E-state index in [0.29, 0.717) is 32.1 Å². The second-order valence-electron chi connectivity index (χ2n) is 4.82. The van der Waals surface area contributed by atoms with Gasteiger partial charge in [-0.15, -0.1) is 12.8 Å². The van der Waals surface area contributed by atoms with Gasteiger partial charge >= 0.3 is 0 Å². The topological polar surface area (TPSA) is 76.6 Å². The maximum absolute atomic E-state index is 8.62. The van der Waals surface area contributed by atoms with Gasteiger partial charge in [0.2, 0.25) is 5.96 Å². The molecule has 2 N–H and O–H groups in total. The van der Waals surface area contributed by atoms with Crippen LogP contribution in [0.15, 0.2) is 21.5 Å². The van der Waals surface area contributed by atoms with Gasteiger partial charge in [-0.1, -0.05) is 11.8 Å². The lowest BCUT2D eigenvalue weighted by Crippen LogP contribution is -2.34. The van der Waals surface area contributed by atoms with Crippen LogP contribution in [0.3, 0.4) is 0 Å². The summed E-state index contributed by atoms with van der Waals surface area (Å²) in [6.07, 6.45) is 12.3.